The third-order valence-corrected chi connectivity index (χ3v) is 4.78. The van der Waals surface area contributed by atoms with E-state index in [1.165, 1.54) is 41.0 Å². The molecule has 18 heavy (non-hydrogen) atoms. The predicted molar refractivity (Wildman–Crippen MR) is 79.8 cm³/mol. The average molecular weight is 278 g/mol. The first kappa shape index (κ1) is 12.1. The minimum Gasteiger partial charge on any atom is -0.378 e. The van der Waals surface area contributed by atoms with Gasteiger partial charge in [-0.05, 0) is 55.5 Å². The Morgan fingerprint density at radius 2 is 2.22 bits per heavy atom. The Labute approximate surface area is 117 Å². The monoisotopic (exact) mass is 277 g/mol. The normalized spacial score (nSPS) is 18.4. The zero-order chi connectivity index (χ0) is 12.5. The van der Waals surface area contributed by atoms with Gasteiger partial charge in [-0.3, -0.25) is 0 Å². The Morgan fingerprint density at radius 1 is 1.33 bits per heavy atom. The smallest absolute Gasteiger partial charge is 0.0934 e. The number of aryl methyl sites for hydroxylation is 2. The summed E-state index contributed by atoms with van der Waals surface area (Å²) in [6.45, 7) is 2.12. The molecule has 0 spiro atoms. The molecule has 0 radical (unpaired) electrons. The van der Waals surface area contributed by atoms with Gasteiger partial charge in [0.1, 0.15) is 0 Å². The van der Waals surface area contributed by atoms with Gasteiger partial charge < -0.3 is 5.32 Å². The Balaban J connectivity index is 1.86. The van der Waals surface area contributed by atoms with Crippen molar-refractivity contribution in [1.82, 2.24) is 0 Å². The van der Waals surface area contributed by atoms with E-state index in [0.717, 1.165) is 4.34 Å². The third kappa shape index (κ3) is 2.40. The lowest BCUT2D eigenvalue weighted by atomic mass is 9.94. The van der Waals surface area contributed by atoms with E-state index >= 15 is 0 Å². The highest BCUT2D eigenvalue weighted by atomic mass is 35.5. The van der Waals surface area contributed by atoms with Crippen molar-refractivity contribution in [3.8, 4) is 0 Å². The van der Waals surface area contributed by atoms with Gasteiger partial charge in [-0.15, -0.1) is 11.3 Å². The second-order valence-electron chi connectivity index (χ2n) is 4.89. The van der Waals surface area contributed by atoms with Gasteiger partial charge in [-0.1, -0.05) is 23.7 Å². The van der Waals surface area contributed by atoms with Gasteiger partial charge >= 0.3 is 0 Å². The second-order valence-corrected chi connectivity index (χ2v) is 6.66. The standard InChI is InChI=1S/C15H16ClNS/c1-10-4-2-5-11(8-10)17-13-6-3-7-14-12(13)9-15(16)18-14/h2,4-5,8-9,13,17H,3,6-7H2,1H3. The van der Waals surface area contributed by atoms with Gasteiger partial charge in [0.25, 0.3) is 0 Å². The lowest BCUT2D eigenvalue weighted by molar-refractivity contribution is 0.609. The molecule has 0 bridgehead atoms. The number of benzene rings is 1. The topological polar surface area (TPSA) is 12.0 Å². The zero-order valence-corrected chi connectivity index (χ0v) is 11.9. The first-order valence-electron chi connectivity index (χ1n) is 6.34. The van der Waals surface area contributed by atoms with Crippen LogP contribution in [0.25, 0.3) is 0 Å². The number of nitrogens with one attached hydrogen (secondary N) is 1. The van der Waals surface area contributed by atoms with E-state index in [2.05, 4.69) is 42.6 Å². The van der Waals surface area contributed by atoms with E-state index in [0.29, 0.717) is 6.04 Å². The molecule has 2 aromatic rings. The Kier molecular flexibility index (Phi) is 3.31. The van der Waals surface area contributed by atoms with Crippen LogP contribution in [0.2, 0.25) is 4.34 Å². The van der Waals surface area contributed by atoms with Crippen LogP contribution < -0.4 is 5.32 Å². The summed E-state index contributed by atoms with van der Waals surface area (Å²) in [5.41, 5.74) is 3.90. The third-order valence-electron chi connectivity index (χ3n) is 3.44. The molecule has 1 aromatic heterocycles. The summed E-state index contributed by atoms with van der Waals surface area (Å²) in [6.07, 6.45) is 3.61. The van der Waals surface area contributed by atoms with E-state index in [-0.39, 0.29) is 0 Å². The molecule has 0 saturated carbocycles. The molecule has 1 aliphatic rings. The van der Waals surface area contributed by atoms with Crippen LogP contribution in [0.5, 0.6) is 0 Å². The molecule has 1 N–H and O–H groups in total. The minimum atomic E-state index is 0.416. The van der Waals surface area contributed by atoms with Crippen LogP contribution in [0.15, 0.2) is 30.3 Å². The molecule has 1 nitrogen and oxygen atoms in total. The highest BCUT2D eigenvalue weighted by Crippen LogP contribution is 2.39. The van der Waals surface area contributed by atoms with Crippen LogP contribution in [0.1, 0.15) is 34.9 Å². The van der Waals surface area contributed by atoms with Crippen LogP contribution in [-0.2, 0) is 6.42 Å². The summed E-state index contributed by atoms with van der Waals surface area (Å²) in [7, 11) is 0. The molecular weight excluding hydrogens is 262 g/mol. The quantitative estimate of drug-likeness (QED) is 0.796. The van der Waals surface area contributed by atoms with Crippen molar-refractivity contribution in [2.75, 3.05) is 5.32 Å². The number of rotatable bonds is 2. The fourth-order valence-corrected chi connectivity index (χ4v) is 3.99. The van der Waals surface area contributed by atoms with Crippen LogP contribution in [-0.4, -0.2) is 0 Å². The molecular formula is C15H16ClNS. The zero-order valence-electron chi connectivity index (χ0n) is 10.4. The van der Waals surface area contributed by atoms with Crippen molar-refractivity contribution in [1.29, 1.82) is 0 Å². The molecule has 0 amide bonds. The summed E-state index contributed by atoms with van der Waals surface area (Å²) in [5, 5.41) is 3.64. The van der Waals surface area contributed by atoms with E-state index in [9.17, 15) is 0 Å². The van der Waals surface area contributed by atoms with E-state index < -0.39 is 0 Å². The largest absolute Gasteiger partial charge is 0.378 e. The Hall–Kier alpha value is -0.990. The van der Waals surface area contributed by atoms with Gasteiger partial charge in [0, 0.05) is 10.6 Å². The first-order chi connectivity index (χ1) is 8.72. The molecule has 0 fully saturated rings. The molecule has 0 saturated heterocycles. The van der Waals surface area contributed by atoms with E-state index in [1.807, 2.05) is 0 Å². The number of thiophene rings is 1. The van der Waals surface area contributed by atoms with Gasteiger partial charge in [0.05, 0.1) is 10.4 Å². The lowest BCUT2D eigenvalue weighted by Gasteiger charge is -2.24. The summed E-state index contributed by atoms with van der Waals surface area (Å²) < 4.78 is 0.915. The molecule has 1 unspecified atom stereocenters. The van der Waals surface area contributed by atoms with Crippen LogP contribution >= 0.6 is 22.9 Å². The van der Waals surface area contributed by atoms with Crippen molar-refractivity contribution < 1.29 is 0 Å². The second kappa shape index (κ2) is 4.94. The van der Waals surface area contributed by atoms with Gasteiger partial charge in [0.15, 0.2) is 0 Å². The molecule has 1 atom stereocenters. The highest BCUT2D eigenvalue weighted by Gasteiger charge is 2.22. The maximum atomic E-state index is 6.14. The van der Waals surface area contributed by atoms with E-state index in [4.69, 9.17) is 11.6 Å². The van der Waals surface area contributed by atoms with Gasteiger partial charge in [0.2, 0.25) is 0 Å². The average Bonchev–Trinajstić information content (AvgIpc) is 2.71. The van der Waals surface area contributed by atoms with Crippen LogP contribution in [0, 0.1) is 6.92 Å². The van der Waals surface area contributed by atoms with E-state index in [1.54, 1.807) is 11.3 Å². The predicted octanol–water partition coefficient (Wildman–Crippen LogP) is 5.20. The number of hydrogen-bond donors (Lipinski definition) is 1. The summed E-state index contributed by atoms with van der Waals surface area (Å²) in [5.74, 6) is 0. The molecule has 1 aliphatic carbocycles. The summed E-state index contributed by atoms with van der Waals surface area (Å²) >= 11 is 7.87. The number of hydrogen-bond acceptors (Lipinski definition) is 2. The fraction of sp³-hybridized carbons (Fsp3) is 0.333. The van der Waals surface area contributed by atoms with Crippen molar-refractivity contribution >= 4 is 28.6 Å². The van der Waals surface area contributed by atoms with Crippen molar-refractivity contribution in [3.05, 3.63) is 50.7 Å². The minimum absolute atomic E-state index is 0.416. The van der Waals surface area contributed by atoms with Gasteiger partial charge in [-0.2, -0.15) is 0 Å². The molecule has 1 heterocycles. The number of fused-ring (bicyclic) bond motifs is 1. The molecule has 0 aliphatic heterocycles. The molecule has 1 aromatic carbocycles. The fourth-order valence-electron chi connectivity index (χ4n) is 2.61. The Bertz CT molecular complexity index is 561. The SMILES string of the molecule is Cc1cccc(NC2CCCc3sc(Cl)cc32)c1. The number of halogens is 1. The van der Waals surface area contributed by atoms with Crippen LogP contribution in [0.4, 0.5) is 5.69 Å². The lowest BCUT2D eigenvalue weighted by Crippen LogP contribution is -2.15. The van der Waals surface area contributed by atoms with Crippen molar-refractivity contribution in [3.63, 3.8) is 0 Å². The van der Waals surface area contributed by atoms with Crippen molar-refractivity contribution in [2.24, 2.45) is 0 Å². The van der Waals surface area contributed by atoms with Gasteiger partial charge in [-0.25, -0.2) is 0 Å². The van der Waals surface area contributed by atoms with Crippen molar-refractivity contribution in [2.45, 2.75) is 32.2 Å². The summed E-state index contributed by atoms with van der Waals surface area (Å²) in [6, 6.07) is 11.1. The molecule has 94 valence electrons. The molecule has 3 rings (SSSR count). The summed E-state index contributed by atoms with van der Waals surface area (Å²) in [4.78, 5) is 1.46. The first-order valence-corrected chi connectivity index (χ1v) is 7.53. The molecule has 3 heteroatoms. The maximum absolute atomic E-state index is 6.14. The van der Waals surface area contributed by atoms with Crippen LogP contribution in [0.3, 0.4) is 0 Å². The Morgan fingerprint density at radius 3 is 3.06 bits per heavy atom. The number of anilines is 1. The highest BCUT2D eigenvalue weighted by molar-refractivity contribution is 7.16. The maximum Gasteiger partial charge on any atom is 0.0934 e.